The Kier molecular flexibility index (Phi) is 5.12. The normalized spacial score (nSPS) is 17.9. The maximum absolute atomic E-state index is 11.8. The molecule has 1 fully saturated rings. The average molecular weight is 365 g/mol. The van der Waals surface area contributed by atoms with Crippen molar-refractivity contribution in [1.29, 1.82) is 0 Å². The molecule has 3 heterocycles. The fourth-order valence-corrected chi connectivity index (χ4v) is 3.92. The topological polar surface area (TPSA) is 45.7 Å². The van der Waals surface area contributed by atoms with Gasteiger partial charge in [-0.25, -0.2) is 4.98 Å². The molecular weight excluding hydrogens is 338 g/mol. The Labute approximate surface area is 161 Å². The Morgan fingerprint density at radius 2 is 1.74 bits per heavy atom. The predicted octanol–water partition coefficient (Wildman–Crippen LogP) is 3.81. The minimum atomic E-state index is 0.150. The smallest absolute Gasteiger partial charge is 0.228 e. The summed E-state index contributed by atoms with van der Waals surface area (Å²) in [6.45, 7) is 7.48. The van der Waals surface area contributed by atoms with Crippen molar-refractivity contribution >= 4 is 11.7 Å². The number of ether oxygens (including phenoxy) is 1. The van der Waals surface area contributed by atoms with Crippen molar-refractivity contribution in [3.8, 4) is 11.5 Å². The van der Waals surface area contributed by atoms with E-state index in [-0.39, 0.29) is 5.91 Å². The molecule has 1 saturated heterocycles. The molecule has 2 aromatic rings. The van der Waals surface area contributed by atoms with Gasteiger partial charge in [-0.1, -0.05) is 6.07 Å². The number of rotatable bonds is 4. The predicted molar refractivity (Wildman–Crippen MR) is 106 cm³/mol. The monoisotopic (exact) mass is 365 g/mol. The van der Waals surface area contributed by atoms with Gasteiger partial charge in [0.1, 0.15) is 17.3 Å². The summed E-state index contributed by atoms with van der Waals surface area (Å²) in [6, 6.07) is 10.7. The van der Waals surface area contributed by atoms with Crippen molar-refractivity contribution in [2.45, 2.75) is 45.6 Å². The Balaban J connectivity index is 1.45. The zero-order valence-electron chi connectivity index (χ0n) is 16.1. The fourth-order valence-electron chi connectivity index (χ4n) is 3.92. The van der Waals surface area contributed by atoms with Crippen molar-refractivity contribution in [3.05, 3.63) is 47.7 Å². The van der Waals surface area contributed by atoms with Crippen LogP contribution in [0.3, 0.4) is 0 Å². The summed E-state index contributed by atoms with van der Waals surface area (Å²) >= 11 is 0. The minimum Gasteiger partial charge on any atom is -0.456 e. The van der Waals surface area contributed by atoms with Crippen LogP contribution in [0.5, 0.6) is 11.5 Å². The van der Waals surface area contributed by atoms with Crippen molar-refractivity contribution < 1.29 is 9.53 Å². The number of nitrogens with zero attached hydrogens (tertiary/aromatic N) is 3. The molecule has 0 N–H and O–H groups in total. The number of hydrogen-bond donors (Lipinski definition) is 0. The second kappa shape index (κ2) is 7.69. The number of hydrogen-bond acceptors (Lipinski definition) is 4. The molecule has 142 valence electrons. The third-order valence-electron chi connectivity index (χ3n) is 5.55. The summed E-state index contributed by atoms with van der Waals surface area (Å²) in [5.41, 5.74) is 2.80. The van der Waals surface area contributed by atoms with Crippen LogP contribution >= 0.6 is 0 Å². The first-order chi connectivity index (χ1) is 13.1. The molecule has 0 unspecified atom stereocenters. The van der Waals surface area contributed by atoms with E-state index in [2.05, 4.69) is 35.9 Å². The zero-order chi connectivity index (χ0) is 18.8. The zero-order valence-corrected chi connectivity index (χ0v) is 16.1. The highest BCUT2D eigenvalue weighted by atomic mass is 16.5. The standard InChI is InChI=1S/C22H27N3O2/c1-16(2)24-12-9-17-5-6-19(14-18(17)10-13-24)27-20-7-8-21(23-15-20)25-11-3-4-22(25)26/h5-8,14-16H,3-4,9-13H2,1-2H3. The average Bonchev–Trinajstić information content (AvgIpc) is 2.97. The molecule has 4 rings (SSSR count). The Hall–Kier alpha value is -2.40. The van der Waals surface area contributed by atoms with Gasteiger partial charge in [-0.3, -0.25) is 9.69 Å². The van der Waals surface area contributed by atoms with E-state index < -0.39 is 0 Å². The molecule has 1 aromatic carbocycles. The number of benzene rings is 1. The van der Waals surface area contributed by atoms with E-state index in [4.69, 9.17) is 4.74 Å². The third kappa shape index (κ3) is 3.98. The number of carbonyl (C=O) groups excluding carboxylic acids is 1. The lowest BCUT2D eigenvalue weighted by molar-refractivity contribution is -0.117. The molecule has 0 saturated carbocycles. The fraction of sp³-hybridized carbons (Fsp3) is 0.455. The largest absolute Gasteiger partial charge is 0.456 e. The highest BCUT2D eigenvalue weighted by Gasteiger charge is 2.22. The molecule has 27 heavy (non-hydrogen) atoms. The van der Waals surface area contributed by atoms with Gasteiger partial charge in [0.15, 0.2) is 0 Å². The Morgan fingerprint density at radius 1 is 0.963 bits per heavy atom. The summed E-state index contributed by atoms with van der Waals surface area (Å²) in [7, 11) is 0. The van der Waals surface area contributed by atoms with Gasteiger partial charge in [-0.05, 0) is 68.5 Å². The van der Waals surface area contributed by atoms with Crippen LogP contribution in [0.15, 0.2) is 36.5 Å². The van der Waals surface area contributed by atoms with E-state index in [1.165, 1.54) is 11.1 Å². The van der Waals surface area contributed by atoms with Gasteiger partial charge in [0.2, 0.25) is 5.91 Å². The van der Waals surface area contributed by atoms with Gasteiger partial charge >= 0.3 is 0 Å². The van der Waals surface area contributed by atoms with E-state index in [0.717, 1.165) is 44.6 Å². The third-order valence-corrected chi connectivity index (χ3v) is 5.55. The van der Waals surface area contributed by atoms with Crippen molar-refractivity contribution in [3.63, 3.8) is 0 Å². The lowest BCUT2D eigenvalue weighted by atomic mass is 10.0. The Morgan fingerprint density at radius 3 is 2.41 bits per heavy atom. The van der Waals surface area contributed by atoms with Gasteiger partial charge in [0, 0.05) is 32.1 Å². The molecule has 1 amide bonds. The number of aromatic nitrogens is 1. The number of carbonyl (C=O) groups is 1. The van der Waals surface area contributed by atoms with E-state index in [1.54, 1.807) is 11.1 Å². The SMILES string of the molecule is CC(C)N1CCc2ccc(Oc3ccc(N4CCCC4=O)nc3)cc2CC1. The molecule has 0 spiro atoms. The van der Waals surface area contributed by atoms with Gasteiger partial charge < -0.3 is 9.64 Å². The second-order valence-electron chi connectivity index (χ2n) is 7.66. The van der Waals surface area contributed by atoms with Crippen LogP contribution in [0.1, 0.15) is 37.8 Å². The molecular formula is C22H27N3O2. The summed E-state index contributed by atoms with van der Waals surface area (Å²) in [5, 5.41) is 0. The van der Waals surface area contributed by atoms with Crippen LogP contribution in [0.2, 0.25) is 0 Å². The summed E-state index contributed by atoms with van der Waals surface area (Å²) in [5.74, 6) is 2.40. The van der Waals surface area contributed by atoms with Crippen LogP contribution in [-0.4, -0.2) is 41.5 Å². The summed E-state index contributed by atoms with van der Waals surface area (Å²) in [6.07, 6.45) is 5.37. The van der Waals surface area contributed by atoms with Crippen molar-refractivity contribution in [1.82, 2.24) is 9.88 Å². The van der Waals surface area contributed by atoms with Gasteiger partial charge in [-0.2, -0.15) is 0 Å². The first-order valence-electron chi connectivity index (χ1n) is 9.90. The van der Waals surface area contributed by atoms with Crippen LogP contribution in [0.4, 0.5) is 5.82 Å². The lowest BCUT2D eigenvalue weighted by Crippen LogP contribution is -2.32. The summed E-state index contributed by atoms with van der Waals surface area (Å²) < 4.78 is 6.02. The van der Waals surface area contributed by atoms with E-state index >= 15 is 0 Å². The van der Waals surface area contributed by atoms with Crippen LogP contribution in [-0.2, 0) is 17.6 Å². The molecule has 0 aliphatic carbocycles. The van der Waals surface area contributed by atoms with E-state index in [0.29, 0.717) is 24.0 Å². The van der Waals surface area contributed by atoms with Gasteiger partial charge in [0.05, 0.1) is 6.20 Å². The number of pyridine rings is 1. The maximum atomic E-state index is 11.8. The van der Waals surface area contributed by atoms with Crippen LogP contribution in [0.25, 0.3) is 0 Å². The summed E-state index contributed by atoms with van der Waals surface area (Å²) in [4.78, 5) is 20.5. The second-order valence-corrected chi connectivity index (χ2v) is 7.66. The molecule has 1 aromatic heterocycles. The maximum Gasteiger partial charge on any atom is 0.228 e. The van der Waals surface area contributed by atoms with Crippen molar-refractivity contribution in [2.75, 3.05) is 24.5 Å². The lowest BCUT2D eigenvalue weighted by Gasteiger charge is -2.23. The molecule has 2 aliphatic heterocycles. The Bertz CT molecular complexity index is 817. The van der Waals surface area contributed by atoms with Crippen LogP contribution < -0.4 is 9.64 Å². The van der Waals surface area contributed by atoms with E-state index in [9.17, 15) is 4.79 Å². The van der Waals surface area contributed by atoms with Crippen molar-refractivity contribution in [2.24, 2.45) is 0 Å². The molecule has 5 nitrogen and oxygen atoms in total. The molecule has 5 heteroatoms. The number of fused-ring (bicyclic) bond motifs is 1. The van der Waals surface area contributed by atoms with E-state index in [1.807, 2.05) is 18.2 Å². The highest BCUT2D eigenvalue weighted by Crippen LogP contribution is 2.28. The number of amides is 1. The first-order valence-corrected chi connectivity index (χ1v) is 9.90. The van der Waals surface area contributed by atoms with Gasteiger partial charge in [-0.15, -0.1) is 0 Å². The quantitative estimate of drug-likeness (QED) is 0.827. The molecule has 0 atom stereocenters. The number of anilines is 1. The molecule has 0 bridgehead atoms. The first kappa shape index (κ1) is 18.0. The minimum absolute atomic E-state index is 0.150. The molecule has 2 aliphatic rings. The highest BCUT2D eigenvalue weighted by molar-refractivity contribution is 5.94. The van der Waals surface area contributed by atoms with Crippen LogP contribution in [0, 0.1) is 0 Å². The molecule has 0 radical (unpaired) electrons. The van der Waals surface area contributed by atoms with Gasteiger partial charge in [0.25, 0.3) is 0 Å².